The van der Waals surface area contributed by atoms with Gasteiger partial charge in [-0.05, 0) is 55.3 Å². The van der Waals surface area contributed by atoms with Gasteiger partial charge in [0.1, 0.15) is 0 Å². The van der Waals surface area contributed by atoms with Crippen LogP contribution in [0.5, 0.6) is 0 Å². The summed E-state index contributed by atoms with van der Waals surface area (Å²) in [5.41, 5.74) is 3.04. The van der Waals surface area contributed by atoms with Crippen molar-refractivity contribution in [2.75, 3.05) is 25.0 Å². The van der Waals surface area contributed by atoms with Crippen molar-refractivity contribution in [3.63, 3.8) is 0 Å². The maximum absolute atomic E-state index is 13.0. The van der Waals surface area contributed by atoms with E-state index in [0.717, 1.165) is 50.0 Å². The second-order valence-electron chi connectivity index (χ2n) is 8.09. The molecule has 6 heteroatoms. The number of carbonyl (C=O) groups excluding carboxylic acids is 2. The molecule has 0 bridgehead atoms. The van der Waals surface area contributed by atoms with Crippen molar-refractivity contribution < 1.29 is 9.59 Å². The van der Waals surface area contributed by atoms with E-state index in [1.165, 1.54) is 12.0 Å². The van der Waals surface area contributed by atoms with E-state index in [4.69, 9.17) is 0 Å². The number of hydrogen-bond donors (Lipinski definition) is 3. The smallest absolute Gasteiger partial charge is 0.232 e. The van der Waals surface area contributed by atoms with Crippen LogP contribution in [0.15, 0.2) is 18.2 Å². The zero-order valence-electron chi connectivity index (χ0n) is 16.0. The Morgan fingerprint density at radius 1 is 1.33 bits per heavy atom. The third-order valence-corrected chi connectivity index (χ3v) is 6.68. The highest BCUT2D eigenvalue weighted by Gasteiger charge is 2.49. The Labute approximate surface area is 167 Å². The number of carbonyl (C=O) groups is 2. The van der Waals surface area contributed by atoms with Crippen LogP contribution in [0.3, 0.4) is 0 Å². The van der Waals surface area contributed by atoms with Crippen LogP contribution in [0, 0.1) is 11.3 Å². The molecule has 3 aliphatic rings. The van der Waals surface area contributed by atoms with E-state index in [1.54, 1.807) is 0 Å². The minimum atomic E-state index is -0.219. The molecule has 1 aromatic rings. The van der Waals surface area contributed by atoms with Gasteiger partial charge in [0.05, 0.1) is 11.3 Å². The number of fused-ring (bicyclic) bond motifs is 2. The molecule has 0 spiro atoms. The summed E-state index contributed by atoms with van der Waals surface area (Å²) in [6.45, 7) is 4.44. The van der Waals surface area contributed by atoms with Gasteiger partial charge >= 0.3 is 0 Å². The molecule has 1 saturated carbocycles. The fourth-order valence-electron chi connectivity index (χ4n) is 5.08. The molecule has 2 fully saturated rings. The van der Waals surface area contributed by atoms with Crippen LogP contribution in [-0.2, 0) is 16.0 Å². The number of halogens is 1. The lowest BCUT2D eigenvalue weighted by molar-refractivity contribution is -0.134. The number of amides is 2. The van der Waals surface area contributed by atoms with Gasteiger partial charge < -0.3 is 16.0 Å². The molecule has 27 heavy (non-hydrogen) atoms. The molecule has 0 radical (unpaired) electrons. The van der Waals surface area contributed by atoms with E-state index in [-0.39, 0.29) is 35.6 Å². The highest BCUT2D eigenvalue weighted by Crippen LogP contribution is 2.44. The first-order chi connectivity index (χ1) is 12.6. The second-order valence-corrected chi connectivity index (χ2v) is 8.09. The van der Waals surface area contributed by atoms with Crippen molar-refractivity contribution >= 4 is 29.9 Å². The van der Waals surface area contributed by atoms with E-state index in [0.29, 0.717) is 18.9 Å². The van der Waals surface area contributed by atoms with Gasteiger partial charge in [-0.1, -0.05) is 31.9 Å². The Bertz CT molecular complexity index is 723. The minimum Gasteiger partial charge on any atom is -0.356 e. The SMILES string of the molecule is CCc1ccc2c(c1)C(CCNC(=O)[C@@]13CCCC[C@H]1CNC3)C(=O)N2.Cl. The number of rotatable bonds is 5. The molecule has 4 rings (SSSR count). The first-order valence-corrected chi connectivity index (χ1v) is 10.1. The van der Waals surface area contributed by atoms with Crippen LogP contribution in [0.1, 0.15) is 56.1 Å². The van der Waals surface area contributed by atoms with E-state index in [9.17, 15) is 9.59 Å². The summed E-state index contributed by atoms with van der Waals surface area (Å²) in [6.07, 6.45) is 6.14. The molecule has 1 unspecified atom stereocenters. The van der Waals surface area contributed by atoms with Crippen molar-refractivity contribution in [2.45, 2.75) is 51.4 Å². The first-order valence-electron chi connectivity index (χ1n) is 10.1. The molecule has 2 aliphatic heterocycles. The normalized spacial score (nSPS) is 28.7. The van der Waals surface area contributed by atoms with Crippen LogP contribution in [0.4, 0.5) is 5.69 Å². The Morgan fingerprint density at radius 3 is 3.00 bits per heavy atom. The Morgan fingerprint density at radius 2 is 2.19 bits per heavy atom. The van der Waals surface area contributed by atoms with Crippen molar-refractivity contribution in [2.24, 2.45) is 11.3 Å². The average Bonchev–Trinajstić information content (AvgIpc) is 3.23. The van der Waals surface area contributed by atoms with Gasteiger partial charge in [0.2, 0.25) is 11.8 Å². The van der Waals surface area contributed by atoms with Crippen LogP contribution in [-0.4, -0.2) is 31.4 Å². The van der Waals surface area contributed by atoms with Crippen molar-refractivity contribution in [1.29, 1.82) is 0 Å². The zero-order chi connectivity index (χ0) is 18.1. The van der Waals surface area contributed by atoms with Gasteiger partial charge in [-0.2, -0.15) is 0 Å². The number of anilines is 1. The molecule has 1 saturated heterocycles. The van der Waals surface area contributed by atoms with Gasteiger partial charge in [-0.3, -0.25) is 9.59 Å². The van der Waals surface area contributed by atoms with Gasteiger partial charge in [-0.25, -0.2) is 0 Å². The van der Waals surface area contributed by atoms with Crippen molar-refractivity contribution in [3.8, 4) is 0 Å². The van der Waals surface area contributed by atoms with Gasteiger partial charge in [-0.15, -0.1) is 12.4 Å². The molecule has 0 aromatic heterocycles. The molecule has 1 aromatic carbocycles. The topological polar surface area (TPSA) is 70.2 Å². The number of nitrogens with one attached hydrogen (secondary N) is 3. The maximum Gasteiger partial charge on any atom is 0.232 e. The third kappa shape index (κ3) is 3.59. The molecule has 1 aliphatic carbocycles. The first kappa shape index (κ1) is 20.2. The fraction of sp³-hybridized carbons (Fsp3) is 0.619. The molecular formula is C21H30ClN3O2. The summed E-state index contributed by atoms with van der Waals surface area (Å²) in [6, 6.07) is 6.20. The quantitative estimate of drug-likeness (QED) is 0.722. The van der Waals surface area contributed by atoms with Crippen LogP contribution < -0.4 is 16.0 Å². The Hall–Kier alpha value is -1.59. The monoisotopic (exact) mass is 391 g/mol. The summed E-state index contributed by atoms with van der Waals surface area (Å²) in [4.78, 5) is 25.3. The molecule has 5 nitrogen and oxygen atoms in total. The van der Waals surface area contributed by atoms with E-state index in [1.807, 2.05) is 6.07 Å². The summed E-state index contributed by atoms with van der Waals surface area (Å²) in [5, 5.41) is 9.56. The van der Waals surface area contributed by atoms with Crippen molar-refractivity contribution in [3.05, 3.63) is 29.3 Å². The van der Waals surface area contributed by atoms with Crippen LogP contribution in [0.2, 0.25) is 0 Å². The Balaban J connectivity index is 0.00000210. The molecule has 2 heterocycles. The summed E-state index contributed by atoms with van der Waals surface area (Å²) in [5.74, 6) is 0.559. The predicted octanol–water partition coefficient (Wildman–Crippen LogP) is 2.99. The molecule has 148 valence electrons. The lowest BCUT2D eigenvalue weighted by atomic mass is 9.67. The summed E-state index contributed by atoms with van der Waals surface area (Å²) < 4.78 is 0. The minimum absolute atomic E-state index is 0. The molecule has 3 N–H and O–H groups in total. The molecule has 3 atom stereocenters. The highest BCUT2D eigenvalue weighted by molar-refractivity contribution is 6.03. The standard InChI is InChI=1S/C21H29N3O2.ClH/c1-2-14-6-7-18-17(11-14)16(19(25)24-18)8-10-23-20(26)21-9-4-3-5-15(21)12-22-13-21;/h6-7,11,15-16,22H,2-5,8-10,12-13H2,1H3,(H,23,26)(H,24,25);1H/t15-,16?,21+;/m0./s1. The molecule has 2 amide bonds. The predicted molar refractivity (Wildman–Crippen MR) is 109 cm³/mol. The van der Waals surface area contributed by atoms with Gasteiger partial charge in [0.15, 0.2) is 0 Å². The maximum atomic E-state index is 13.0. The van der Waals surface area contributed by atoms with E-state index in [2.05, 4.69) is 35.0 Å². The third-order valence-electron chi connectivity index (χ3n) is 6.68. The summed E-state index contributed by atoms with van der Waals surface area (Å²) >= 11 is 0. The highest BCUT2D eigenvalue weighted by atomic mass is 35.5. The lowest BCUT2D eigenvalue weighted by Crippen LogP contribution is -2.48. The Kier molecular flexibility index (Phi) is 6.11. The number of benzene rings is 1. The second kappa shape index (κ2) is 8.19. The van der Waals surface area contributed by atoms with Crippen LogP contribution in [0.25, 0.3) is 0 Å². The van der Waals surface area contributed by atoms with Gasteiger partial charge in [0, 0.05) is 18.8 Å². The lowest BCUT2D eigenvalue weighted by Gasteiger charge is -2.37. The van der Waals surface area contributed by atoms with Crippen molar-refractivity contribution in [1.82, 2.24) is 10.6 Å². The van der Waals surface area contributed by atoms with E-state index < -0.39 is 0 Å². The van der Waals surface area contributed by atoms with Crippen LogP contribution >= 0.6 is 12.4 Å². The average molecular weight is 392 g/mol. The fourth-order valence-corrected chi connectivity index (χ4v) is 5.08. The van der Waals surface area contributed by atoms with E-state index >= 15 is 0 Å². The molecular weight excluding hydrogens is 362 g/mol. The largest absolute Gasteiger partial charge is 0.356 e. The number of hydrogen-bond acceptors (Lipinski definition) is 3. The number of aryl methyl sites for hydroxylation is 1. The van der Waals surface area contributed by atoms with Gasteiger partial charge in [0.25, 0.3) is 0 Å². The summed E-state index contributed by atoms with van der Waals surface area (Å²) in [7, 11) is 0. The zero-order valence-corrected chi connectivity index (χ0v) is 16.8.